The highest BCUT2D eigenvalue weighted by molar-refractivity contribution is 9.09. The first kappa shape index (κ1) is 12.1. The molecule has 1 aliphatic heterocycles. The van der Waals surface area contributed by atoms with Crippen molar-refractivity contribution < 1.29 is 4.79 Å². The number of amides is 1. The summed E-state index contributed by atoms with van der Waals surface area (Å²) in [6.45, 7) is 0.667. The molecule has 2 heterocycles. The maximum Gasteiger partial charge on any atom is 0.251 e. The zero-order chi connectivity index (χ0) is 12.5. The van der Waals surface area contributed by atoms with Gasteiger partial charge in [-0.15, -0.1) is 5.10 Å². The first-order valence-corrected chi connectivity index (χ1v) is 7.52. The first-order chi connectivity index (χ1) is 8.74. The molecule has 1 N–H and O–H groups in total. The van der Waals surface area contributed by atoms with Crippen LogP contribution in [0.1, 0.15) is 50.3 Å². The number of aromatic amines is 1. The van der Waals surface area contributed by atoms with E-state index in [1.165, 1.54) is 32.1 Å². The Labute approximate surface area is 114 Å². The number of nitrogens with one attached hydrogen (secondary N) is 1. The average Bonchev–Trinajstić information content (AvgIpc) is 2.97. The fourth-order valence-electron chi connectivity index (χ4n) is 2.80. The summed E-state index contributed by atoms with van der Waals surface area (Å²) in [6, 6.07) is 0. The van der Waals surface area contributed by atoms with E-state index < -0.39 is 0 Å². The SMILES string of the molecule is O=C1CC(Br)CN1c1n[nH]c(C2CCCCC2)n1. The molecule has 0 bridgehead atoms. The average molecular weight is 313 g/mol. The molecule has 6 heteroatoms. The Balaban J connectivity index is 1.74. The predicted octanol–water partition coefficient (Wildman–Crippen LogP) is 2.35. The van der Waals surface area contributed by atoms with Crippen LogP contribution in [0.5, 0.6) is 0 Å². The summed E-state index contributed by atoms with van der Waals surface area (Å²) >= 11 is 3.47. The minimum absolute atomic E-state index is 0.103. The standard InChI is InChI=1S/C12H17BrN4O/c13-9-6-10(18)17(7-9)12-14-11(15-16-12)8-4-2-1-3-5-8/h8-9H,1-7H2,(H,14,15,16). The number of aromatic nitrogens is 3. The van der Waals surface area contributed by atoms with Crippen LogP contribution in [0.15, 0.2) is 0 Å². The molecule has 0 radical (unpaired) electrons. The van der Waals surface area contributed by atoms with Crippen LogP contribution in [0.3, 0.4) is 0 Å². The van der Waals surface area contributed by atoms with Gasteiger partial charge in [-0.05, 0) is 12.8 Å². The second-order valence-corrected chi connectivity index (χ2v) is 6.46. The molecular formula is C12H17BrN4O. The van der Waals surface area contributed by atoms with E-state index in [-0.39, 0.29) is 10.7 Å². The van der Waals surface area contributed by atoms with Crippen molar-refractivity contribution in [2.24, 2.45) is 0 Å². The van der Waals surface area contributed by atoms with E-state index in [2.05, 4.69) is 31.1 Å². The van der Waals surface area contributed by atoms with Gasteiger partial charge in [0.2, 0.25) is 5.91 Å². The Hall–Kier alpha value is -0.910. The van der Waals surface area contributed by atoms with Gasteiger partial charge in [0.05, 0.1) is 0 Å². The van der Waals surface area contributed by atoms with Crippen molar-refractivity contribution in [3.63, 3.8) is 0 Å². The van der Waals surface area contributed by atoms with E-state index in [1.54, 1.807) is 4.90 Å². The van der Waals surface area contributed by atoms with E-state index in [0.717, 1.165) is 5.82 Å². The molecule has 1 saturated carbocycles. The van der Waals surface area contributed by atoms with Crippen molar-refractivity contribution in [2.45, 2.75) is 49.3 Å². The summed E-state index contributed by atoms with van der Waals surface area (Å²) in [6.07, 6.45) is 6.77. The lowest BCUT2D eigenvalue weighted by molar-refractivity contribution is -0.117. The number of alkyl halides is 1. The summed E-state index contributed by atoms with van der Waals surface area (Å²) in [5.41, 5.74) is 0. The van der Waals surface area contributed by atoms with Gasteiger partial charge < -0.3 is 0 Å². The summed E-state index contributed by atoms with van der Waals surface area (Å²) in [7, 11) is 0. The Morgan fingerprint density at radius 3 is 2.72 bits per heavy atom. The zero-order valence-electron chi connectivity index (χ0n) is 10.2. The fraction of sp³-hybridized carbons (Fsp3) is 0.750. The molecule has 1 aromatic rings. The van der Waals surface area contributed by atoms with Crippen LogP contribution in [0.4, 0.5) is 5.95 Å². The molecule has 3 rings (SSSR count). The van der Waals surface area contributed by atoms with Crippen LogP contribution in [0.25, 0.3) is 0 Å². The Morgan fingerprint density at radius 1 is 1.28 bits per heavy atom. The second-order valence-electron chi connectivity index (χ2n) is 5.16. The van der Waals surface area contributed by atoms with Gasteiger partial charge in [-0.3, -0.25) is 14.8 Å². The molecule has 1 atom stereocenters. The molecule has 2 fully saturated rings. The van der Waals surface area contributed by atoms with E-state index in [1.807, 2.05) is 0 Å². The number of nitrogens with zero attached hydrogens (tertiary/aromatic N) is 3. The number of hydrogen-bond acceptors (Lipinski definition) is 3. The van der Waals surface area contributed by atoms with Gasteiger partial charge in [-0.1, -0.05) is 35.2 Å². The van der Waals surface area contributed by atoms with Crippen LogP contribution >= 0.6 is 15.9 Å². The molecule has 1 aromatic heterocycles. The van der Waals surface area contributed by atoms with Crippen molar-refractivity contribution in [1.29, 1.82) is 0 Å². The van der Waals surface area contributed by atoms with Crippen LogP contribution < -0.4 is 4.90 Å². The molecule has 1 saturated heterocycles. The first-order valence-electron chi connectivity index (χ1n) is 6.61. The summed E-state index contributed by atoms with van der Waals surface area (Å²) in [4.78, 5) is 18.2. The molecular weight excluding hydrogens is 296 g/mol. The Kier molecular flexibility index (Phi) is 3.37. The Bertz CT molecular complexity index is 441. The maximum absolute atomic E-state index is 11.8. The minimum atomic E-state index is 0.103. The molecule has 5 nitrogen and oxygen atoms in total. The van der Waals surface area contributed by atoms with Crippen LogP contribution in [-0.4, -0.2) is 32.5 Å². The number of anilines is 1. The number of carbonyl (C=O) groups is 1. The van der Waals surface area contributed by atoms with Crippen molar-refractivity contribution in [3.05, 3.63) is 5.82 Å². The zero-order valence-corrected chi connectivity index (χ0v) is 11.8. The van der Waals surface area contributed by atoms with Crippen molar-refractivity contribution in [3.8, 4) is 0 Å². The molecule has 0 spiro atoms. The van der Waals surface area contributed by atoms with Crippen LogP contribution in [-0.2, 0) is 4.79 Å². The van der Waals surface area contributed by atoms with Crippen LogP contribution in [0, 0.1) is 0 Å². The molecule has 1 aliphatic carbocycles. The molecule has 0 aromatic carbocycles. The van der Waals surface area contributed by atoms with E-state index in [0.29, 0.717) is 24.8 Å². The van der Waals surface area contributed by atoms with E-state index in [4.69, 9.17) is 0 Å². The lowest BCUT2D eigenvalue weighted by atomic mass is 9.89. The molecule has 98 valence electrons. The highest BCUT2D eigenvalue weighted by atomic mass is 79.9. The predicted molar refractivity (Wildman–Crippen MR) is 71.9 cm³/mol. The Morgan fingerprint density at radius 2 is 2.06 bits per heavy atom. The third-order valence-corrected chi connectivity index (χ3v) is 4.42. The number of halogens is 1. The smallest absolute Gasteiger partial charge is 0.251 e. The van der Waals surface area contributed by atoms with Gasteiger partial charge in [0.1, 0.15) is 5.82 Å². The maximum atomic E-state index is 11.8. The number of rotatable bonds is 2. The number of hydrogen-bond donors (Lipinski definition) is 1. The highest BCUT2D eigenvalue weighted by Crippen LogP contribution is 2.31. The van der Waals surface area contributed by atoms with Crippen molar-refractivity contribution >= 4 is 27.8 Å². The fourth-order valence-corrected chi connectivity index (χ4v) is 3.37. The van der Waals surface area contributed by atoms with Gasteiger partial charge in [-0.2, -0.15) is 4.98 Å². The number of H-pyrrole nitrogens is 1. The van der Waals surface area contributed by atoms with Crippen molar-refractivity contribution in [2.75, 3.05) is 11.4 Å². The topological polar surface area (TPSA) is 61.9 Å². The normalized spacial score (nSPS) is 25.9. The summed E-state index contributed by atoms with van der Waals surface area (Å²) in [5.74, 6) is 2.10. The molecule has 2 aliphatic rings. The molecule has 18 heavy (non-hydrogen) atoms. The lowest BCUT2D eigenvalue weighted by Crippen LogP contribution is -2.25. The third-order valence-electron chi connectivity index (χ3n) is 3.80. The van der Waals surface area contributed by atoms with Gasteiger partial charge >= 0.3 is 0 Å². The quantitative estimate of drug-likeness (QED) is 0.853. The van der Waals surface area contributed by atoms with Gasteiger partial charge in [-0.25, -0.2) is 0 Å². The third kappa shape index (κ3) is 2.30. The van der Waals surface area contributed by atoms with Gasteiger partial charge in [0.15, 0.2) is 0 Å². The van der Waals surface area contributed by atoms with E-state index in [9.17, 15) is 4.79 Å². The summed E-state index contributed by atoms with van der Waals surface area (Å²) in [5, 5.41) is 7.22. The molecule has 1 amide bonds. The minimum Gasteiger partial charge on any atom is -0.278 e. The van der Waals surface area contributed by atoms with Crippen LogP contribution in [0.2, 0.25) is 0 Å². The lowest BCUT2D eigenvalue weighted by Gasteiger charge is -2.18. The molecule has 1 unspecified atom stereocenters. The summed E-state index contributed by atoms with van der Waals surface area (Å²) < 4.78 is 0. The van der Waals surface area contributed by atoms with Crippen molar-refractivity contribution in [1.82, 2.24) is 15.2 Å². The van der Waals surface area contributed by atoms with Gasteiger partial charge in [0, 0.05) is 23.7 Å². The second kappa shape index (κ2) is 4.99. The monoisotopic (exact) mass is 312 g/mol. The van der Waals surface area contributed by atoms with E-state index >= 15 is 0 Å². The largest absolute Gasteiger partial charge is 0.278 e. The highest BCUT2D eigenvalue weighted by Gasteiger charge is 2.32. The number of carbonyl (C=O) groups excluding carboxylic acids is 1. The van der Waals surface area contributed by atoms with Gasteiger partial charge in [0.25, 0.3) is 5.95 Å².